The van der Waals surface area contributed by atoms with Gasteiger partial charge < -0.3 is 20.5 Å². The molecule has 9 heteroatoms. The van der Waals surface area contributed by atoms with E-state index in [-0.39, 0.29) is 18.7 Å². The van der Waals surface area contributed by atoms with Gasteiger partial charge in [0.15, 0.2) is 5.67 Å². The van der Waals surface area contributed by atoms with Crippen LogP contribution in [0, 0.1) is 0 Å². The fraction of sp³-hybridized carbons (Fsp3) is 0.481. The SMILES string of the molecule is CNC(=O)CCCCCC(NC(=O)C1(F)CCN(C)CC1)c1ncc(-c2ccc3ccncc3c2)[nH]1. The Kier molecular flexibility index (Phi) is 8.30. The molecule has 2 aromatic heterocycles. The molecule has 1 fully saturated rings. The number of nitrogens with one attached hydrogen (secondary N) is 3. The number of hydrogen-bond donors (Lipinski definition) is 3. The van der Waals surface area contributed by atoms with E-state index in [9.17, 15) is 9.59 Å². The largest absolute Gasteiger partial charge is 0.359 e. The van der Waals surface area contributed by atoms with E-state index in [1.54, 1.807) is 19.4 Å². The minimum Gasteiger partial charge on any atom is -0.359 e. The molecule has 3 N–H and O–H groups in total. The Morgan fingerprint density at radius 2 is 1.94 bits per heavy atom. The van der Waals surface area contributed by atoms with E-state index in [1.807, 2.05) is 42.4 Å². The lowest BCUT2D eigenvalue weighted by Crippen LogP contribution is -2.51. The molecule has 192 valence electrons. The van der Waals surface area contributed by atoms with Crippen LogP contribution in [0.2, 0.25) is 0 Å². The standard InChI is InChI=1S/C27H35FN6O2/c1-29-24(35)7-5-3-4-6-22(33-26(36)27(28)11-14-34(2)15-12-27)25-31-18-23(32-25)20-9-8-19-10-13-30-17-21(19)16-20/h8-10,13,16-18,22H,3-7,11-12,14-15H2,1-2H3,(H,29,35)(H,31,32)(H,33,36). The predicted octanol–water partition coefficient (Wildman–Crippen LogP) is 3.91. The molecule has 4 rings (SSSR count). The van der Waals surface area contributed by atoms with E-state index in [0.717, 1.165) is 41.3 Å². The molecule has 36 heavy (non-hydrogen) atoms. The normalized spacial score (nSPS) is 16.5. The number of pyridine rings is 1. The van der Waals surface area contributed by atoms with Crippen LogP contribution < -0.4 is 10.6 Å². The van der Waals surface area contributed by atoms with Crippen LogP contribution in [0.5, 0.6) is 0 Å². The summed E-state index contributed by atoms with van der Waals surface area (Å²) in [5.41, 5.74) is -0.0869. The highest BCUT2D eigenvalue weighted by Crippen LogP contribution is 2.29. The lowest BCUT2D eigenvalue weighted by atomic mass is 9.92. The van der Waals surface area contributed by atoms with Crippen LogP contribution in [-0.2, 0) is 9.59 Å². The smallest absolute Gasteiger partial charge is 0.258 e. The lowest BCUT2D eigenvalue weighted by molar-refractivity contribution is -0.136. The molecule has 1 saturated heterocycles. The van der Waals surface area contributed by atoms with E-state index in [2.05, 4.69) is 25.6 Å². The minimum atomic E-state index is -1.87. The number of aromatic amines is 1. The summed E-state index contributed by atoms with van der Waals surface area (Å²) in [6.07, 6.45) is 9.14. The van der Waals surface area contributed by atoms with Gasteiger partial charge in [-0.2, -0.15) is 0 Å². The van der Waals surface area contributed by atoms with Gasteiger partial charge in [-0.3, -0.25) is 14.6 Å². The molecule has 3 heterocycles. The van der Waals surface area contributed by atoms with Gasteiger partial charge in [-0.1, -0.05) is 25.0 Å². The summed E-state index contributed by atoms with van der Waals surface area (Å²) in [4.78, 5) is 38.7. The third kappa shape index (κ3) is 6.26. The topological polar surface area (TPSA) is 103 Å². The Balaban J connectivity index is 1.48. The number of piperidine rings is 1. The summed E-state index contributed by atoms with van der Waals surface area (Å²) in [5.74, 6) is 0.0518. The van der Waals surface area contributed by atoms with Gasteiger partial charge in [0.25, 0.3) is 5.91 Å². The van der Waals surface area contributed by atoms with Crippen molar-refractivity contribution in [3.8, 4) is 11.3 Å². The summed E-state index contributed by atoms with van der Waals surface area (Å²) < 4.78 is 15.5. The van der Waals surface area contributed by atoms with Crippen LogP contribution in [0.4, 0.5) is 4.39 Å². The first-order valence-corrected chi connectivity index (χ1v) is 12.7. The Bertz CT molecular complexity index is 1190. The molecule has 0 bridgehead atoms. The van der Waals surface area contributed by atoms with Crippen molar-refractivity contribution in [1.29, 1.82) is 0 Å². The molecule has 1 aromatic carbocycles. The first kappa shape index (κ1) is 25.8. The molecular weight excluding hydrogens is 459 g/mol. The maximum absolute atomic E-state index is 15.5. The van der Waals surface area contributed by atoms with Crippen molar-refractivity contribution in [2.45, 2.75) is 56.7 Å². The van der Waals surface area contributed by atoms with Gasteiger partial charge in [0.05, 0.1) is 17.9 Å². The van der Waals surface area contributed by atoms with Crippen LogP contribution in [0.25, 0.3) is 22.0 Å². The first-order valence-electron chi connectivity index (χ1n) is 12.7. The quantitative estimate of drug-likeness (QED) is 0.371. The zero-order valence-corrected chi connectivity index (χ0v) is 21.0. The first-order chi connectivity index (χ1) is 17.4. The number of likely N-dealkylation sites (tertiary alicyclic amines) is 1. The van der Waals surface area contributed by atoms with Crippen LogP contribution in [0.3, 0.4) is 0 Å². The molecular formula is C27H35FN6O2. The number of fused-ring (bicyclic) bond motifs is 1. The molecule has 3 aromatic rings. The van der Waals surface area contributed by atoms with Gasteiger partial charge in [0, 0.05) is 62.7 Å². The number of benzene rings is 1. The van der Waals surface area contributed by atoms with Crippen LogP contribution in [0.1, 0.15) is 56.8 Å². The van der Waals surface area contributed by atoms with Crippen molar-refractivity contribution in [2.75, 3.05) is 27.2 Å². The van der Waals surface area contributed by atoms with E-state index >= 15 is 4.39 Å². The fourth-order valence-electron chi connectivity index (χ4n) is 4.61. The molecule has 1 unspecified atom stereocenters. The number of carbonyl (C=O) groups excluding carboxylic acids is 2. The highest BCUT2D eigenvalue weighted by atomic mass is 19.1. The molecule has 1 aliphatic rings. The second kappa shape index (κ2) is 11.6. The average Bonchev–Trinajstić information content (AvgIpc) is 3.39. The maximum Gasteiger partial charge on any atom is 0.258 e. The predicted molar refractivity (Wildman–Crippen MR) is 138 cm³/mol. The molecule has 1 aliphatic heterocycles. The number of halogens is 1. The summed E-state index contributed by atoms with van der Waals surface area (Å²) >= 11 is 0. The van der Waals surface area contributed by atoms with E-state index < -0.39 is 17.6 Å². The number of carbonyl (C=O) groups is 2. The molecule has 8 nitrogen and oxygen atoms in total. The van der Waals surface area contributed by atoms with Gasteiger partial charge in [0.1, 0.15) is 5.82 Å². The summed E-state index contributed by atoms with van der Waals surface area (Å²) in [7, 11) is 3.57. The Morgan fingerprint density at radius 3 is 2.72 bits per heavy atom. The number of imidazole rings is 1. The van der Waals surface area contributed by atoms with Gasteiger partial charge in [-0.25, -0.2) is 9.37 Å². The molecule has 0 saturated carbocycles. The highest BCUT2D eigenvalue weighted by molar-refractivity contribution is 5.86. The molecule has 2 amide bonds. The zero-order chi connectivity index (χ0) is 25.5. The highest BCUT2D eigenvalue weighted by Gasteiger charge is 2.42. The third-order valence-corrected chi connectivity index (χ3v) is 7.04. The zero-order valence-electron chi connectivity index (χ0n) is 21.0. The van der Waals surface area contributed by atoms with Crippen molar-refractivity contribution in [3.05, 3.63) is 48.7 Å². The molecule has 1 atom stereocenters. The van der Waals surface area contributed by atoms with Gasteiger partial charge in [0.2, 0.25) is 5.91 Å². The Labute approximate surface area is 211 Å². The van der Waals surface area contributed by atoms with Gasteiger partial charge in [-0.05, 0) is 37.4 Å². The fourth-order valence-corrected chi connectivity index (χ4v) is 4.61. The number of hydrogen-bond acceptors (Lipinski definition) is 5. The lowest BCUT2D eigenvalue weighted by Gasteiger charge is -2.34. The van der Waals surface area contributed by atoms with E-state index in [4.69, 9.17) is 0 Å². The number of nitrogens with zero attached hydrogens (tertiary/aromatic N) is 3. The summed E-state index contributed by atoms with van der Waals surface area (Å²) in [6.45, 7) is 1.10. The van der Waals surface area contributed by atoms with Crippen molar-refractivity contribution < 1.29 is 14.0 Å². The monoisotopic (exact) mass is 494 g/mol. The van der Waals surface area contributed by atoms with E-state index in [1.165, 1.54) is 0 Å². The van der Waals surface area contributed by atoms with Crippen molar-refractivity contribution in [2.24, 2.45) is 0 Å². The minimum absolute atomic E-state index is 0.0164. The number of amides is 2. The molecule has 0 spiro atoms. The third-order valence-electron chi connectivity index (χ3n) is 7.04. The van der Waals surface area contributed by atoms with Crippen molar-refractivity contribution >= 4 is 22.6 Å². The van der Waals surface area contributed by atoms with Gasteiger partial charge in [-0.15, -0.1) is 0 Å². The second-order valence-electron chi connectivity index (χ2n) is 9.69. The molecule has 0 radical (unpaired) electrons. The van der Waals surface area contributed by atoms with Crippen LogP contribution in [0.15, 0.2) is 42.9 Å². The number of rotatable bonds is 10. The average molecular weight is 495 g/mol. The van der Waals surface area contributed by atoms with Crippen molar-refractivity contribution in [1.82, 2.24) is 30.5 Å². The van der Waals surface area contributed by atoms with E-state index in [0.29, 0.717) is 31.8 Å². The van der Waals surface area contributed by atoms with Crippen LogP contribution >= 0.6 is 0 Å². The second-order valence-corrected chi connectivity index (χ2v) is 9.69. The Morgan fingerprint density at radius 1 is 1.14 bits per heavy atom. The summed E-state index contributed by atoms with van der Waals surface area (Å²) in [6, 6.07) is 7.61. The summed E-state index contributed by atoms with van der Waals surface area (Å²) in [5, 5.41) is 7.70. The maximum atomic E-state index is 15.5. The Hall–Kier alpha value is -3.33. The number of H-pyrrole nitrogens is 1. The van der Waals surface area contributed by atoms with Gasteiger partial charge >= 0.3 is 0 Å². The number of aromatic nitrogens is 3. The number of unbranched alkanes of at least 4 members (excludes halogenated alkanes) is 2. The molecule has 0 aliphatic carbocycles. The number of alkyl halides is 1. The van der Waals surface area contributed by atoms with Crippen molar-refractivity contribution in [3.63, 3.8) is 0 Å². The van der Waals surface area contributed by atoms with Crippen LogP contribution in [-0.4, -0.2) is 64.5 Å².